The van der Waals surface area contributed by atoms with E-state index in [1.165, 1.54) is 6.07 Å². The second-order valence-corrected chi connectivity index (χ2v) is 4.27. The zero-order chi connectivity index (χ0) is 12.3. The summed E-state index contributed by atoms with van der Waals surface area (Å²) in [5.41, 5.74) is 1.32. The van der Waals surface area contributed by atoms with Gasteiger partial charge in [-0.05, 0) is 25.5 Å². The second-order valence-electron chi connectivity index (χ2n) is 4.27. The molecule has 90 valence electrons. The highest BCUT2D eigenvalue weighted by Crippen LogP contribution is 2.35. The van der Waals surface area contributed by atoms with Crippen LogP contribution in [0.15, 0.2) is 12.1 Å². The fourth-order valence-corrected chi connectivity index (χ4v) is 2.29. The largest absolute Gasteiger partial charge is 0.506 e. The molecule has 2 rings (SSSR count). The van der Waals surface area contributed by atoms with Crippen LogP contribution in [0.25, 0.3) is 0 Å². The average molecular weight is 232 g/mol. The number of hydrogen-bond donors (Lipinski definition) is 2. The molecule has 0 amide bonds. The van der Waals surface area contributed by atoms with Gasteiger partial charge in [0.2, 0.25) is 0 Å². The number of benzene rings is 1. The molecule has 0 saturated carbocycles. The summed E-state index contributed by atoms with van der Waals surface area (Å²) in [6.45, 7) is 1.94. The molecule has 1 aliphatic rings. The number of aromatic hydroxyl groups is 1. The molecule has 0 radical (unpaired) electrons. The summed E-state index contributed by atoms with van der Waals surface area (Å²) >= 11 is 0. The Kier molecular flexibility index (Phi) is 3.50. The van der Waals surface area contributed by atoms with Crippen LogP contribution in [0.1, 0.15) is 29.9 Å². The van der Waals surface area contributed by atoms with Crippen LogP contribution in [0, 0.1) is 11.3 Å². The van der Waals surface area contributed by atoms with Gasteiger partial charge in [0.1, 0.15) is 17.6 Å². The maximum Gasteiger partial charge on any atom is 0.137 e. The van der Waals surface area contributed by atoms with Crippen LogP contribution in [0.4, 0.5) is 0 Å². The van der Waals surface area contributed by atoms with Crippen LogP contribution in [0.5, 0.6) is 11.5 Å². The molecule has 4 nitrogen and oxygen atoms in total. The number of phenolic OH excluding ortho intramolecular Hbond substituents is 1. The monoisotopic (exact) mass is 232 g/mol. The van der Waals surface area contributed by atoms with Gasteiger partial charge in [-0.15, -0.1) is 0 Å². The molecule has 1 aliphatic heterocycles. The maximum atomic E-state index is 9.63. The molecule has 0 aliphatic carbocycles. The summed E-state index contributed by atoms with van der Waals surface area (Å²) in [4.78, 5) is 0. The van der Waals surface area contributed by atoms with E-state index < -0.39 is 0 Å². The normalized spacial score (nSPS) is 19.6. The van der Waals surface area contributed by atoms with Gasteiger partial charge in [-0.1, -0.05) is 0 Å². The quantitative estimate of drug-likeness (QED) is 0.815. The maximum absolute atomic E-state index is 9.63. The second kappa shape index (κ2) is 5.07. The van der Waals surface area contributed by atoms with E-state index in [0.717, 1.165) is 31.5 Å². The summed E-state index contributed by atoms with van der Waals surface area (Å²) < 4.78 is 5.28. The molecular formula is C13H16N2O2. The van der Waals surface area contributed by atoms with Gasteiger partial charge in [-0.25, -0.2) is 0 Å². The van der Waals surface area contributed by atoms with Crippen molar-refractivity contribution in [2.75, 3.05) is 20.2 Å². The minimum atomic E-state index is -0.0168. The predicted molar refractivity (Wildman–Crippen MR) is 64.2 cm³/mol. The Labute approximate surface area is 101 Å². The minimum Gasteiger partial charge on any atom is -0.506 e. The number of methoxy groups -OCH3 is 1. The molecule has 1 aromatic rings. The van der Waals surface area contributed by atoms with Crippen LogP contribution in [-0.2, 0) is 0 Å². The SMILES string of the molecule is COc1cc(O)c(C#N)cc1C1CCCNC1. The number of nitrogens with one attached hydrogen (secondary N) is 1. The highest BCUT2D eigenvalue weighted by atomic mass is 16.5. The summed E-state index contributed by atoms with van der Waals surface area (Å²) in [6.07, 6.45) is 2.20. The smallest absolute Gasteiger partial charge is 0.137 e. The molecule has 1 aromatic carbocycles. The molecule has 0 bridgehead atoms. The molecule has 1 saturated heterocycles. The standard InChI is InChI=1S/C13H16N2O2/c1-17-13-6-12(16)10(7-14)5-11(13)9-3-2-4-15-8-9/h5-6,9,15-16H,2-4,8H2,1H3. The van der Waals surface area contributed by atoms with Gasteiger partial charge in [0.05, 0.1) is 12.7 Å². The summed E-state index contributed by atoms with van der Waals surface area (Å²) in [5, 5.41) is 21.9. The first-order valence-electron chi connectivity index (χ1n) is 5.78. The third-order valence-electron chi connectivity index (χ3n) is 3.21. The summed E-state index contributed by atoms with van der Waals surface area (Å²) in [7, 11) is 1.58. The van der Waals surface area contributed by atoms with E-state index >= 15 is 0 Å². The molecule has 17 heavy (non-hydrogen) atoms. The lowest BCUT2D eigenvalue weighted by Crippen LogP contribution is -2.28. The lowest BCUT2D eigenvalue weighted by Gasteiger charge is -2.25. The molecule has 1 atom stereocenters. The first-order valence-corrected chi connectivity index (χ1v) is 5.78. The Bertz CT molecular complexity index is 445. The Balaban J connectivity index is 2.40. The van der Waals surface area contributed by atoms with Crippen LogP contribution >= 0.6 is 0 Å². The Hall–Kier alpha value is -1.73. The van der Waals surface area contributed by atoms with Gasteiger partial charge in [0.15, 0.2) is 0 Å². The van der Waals surface area contributed by atoms with Crippen molar-refractivity contribution in [3.05, 3.63) is 23.3 Å². The van der Waals surface area contributed by atoms with E-state index in [0.29, 0.717) is 17.2 Å². The topological polar surface area (TPSA) is 65.3 Å². The van der Waals surface area contributed by atoms with E-state index in [-0.39, 0.29) is 5.75 Å². The van der Waals surface area contributed by atoms with Crippen LogP contribution in [0.2, 0.25) is 0 Å². The number of rotatable bonds is 2. The molecule has 2 N–H and O–H groups in total. The molecule has 1 heterocycles. The number of piperidine rings is 1. The third-order valence-corrected chi connectivity index (χ3v) is 3.21. The predicted octanol–water partition coefficient (Wildman–Crippen LogP) is 1.74. The van der Waals surface area contributed by atoms with Gasteiger partial charge in [0, 0.05) is 24.1 Å². The van der Waals surface area contributed by atoms with E-state index in [1.807, 2.05) is 6.07 Å². The van der Waals surface area contributed by atoms with Gasteiger partial charge in [0.25, 0.3) is 0 Å². The van der Waals surface area contributed by atoms with E-state index in [9.17, 15) is 5.11 Å². The van der Waals surface area contributed by atoms with Crippen molar-refractivity contribution in [2.24, 2.45) is 0 Å². The fraction of sp³-hybridized carbons (Fsp3) is 0.462. The van der Waals surface area contributed by atoms with Crippen molar-refractivity contribution in [2.45, 2.75) is 18.8 Å². The van der Waals surface area contributed by atoms with Crippen LogP contribution < -0.4 is 10.1 Å². The van der Waals surface area contributed by atoms with E-state index in [4.69, 9.17) is 10.00 Å². The Morgan fingerprint density at radius 3 is 2.94 bits per heavy atom. The first kappa shape index (κ1) is 11.7. The molecule has 1 unspecified atom stereocenters. The molecule has 4 heteroatoms. The third kappa shape index (κ3) is 2.34. The molecule has 1 fully saturated rings. The lowest BCUT2D eigenvalue weighted by atomic mass is 9.90. The highest BCUT2D eigenvalue weighted by molar-refractivity contribution is 5.52. The van der Waals surface area contributed by atoms with Crippen molar-refractivity contribution in [3.8, 4) is 17.6 Å². The lowest BCUT2D eigenvalue weighted by molar-refractivity contribution is 0.386. The van der Waals surface area contributed by atoms with E-state index in [2.05, 4.69) is 5.32 Å². The van der Waals surface area contributed by atoms with Gasteiger partial charge < -0.3 is 15.2 Å². The van der Waals surface area contributed by atoms with Crippen molar-refractivity contribution in [3.63, 3.8) is 0 Å². The van der Waals surface area contributed by atoms with Crippen molar-refractivity contribution < 1.29 is 9.84 Å². The van der Waals surface area contributed by atoms with Gasteiger partial charge >= 0.3 is 0 Å². The van der Waals surface area contributed by atoms with Crippen LogP contribution in [-0.4, -0.2) is 25.3 Å². The zero-order valence-corrected chi connectivity index (χ0v) is 9.86. The minimum absolute atomic E-state index is 0.0168. The summed E-state index contributed by atoms with van der Waals surface area (Å²) in [5.74, 6) is 0.999. The van der Waals surface area contributed by atoms with Crippen molar-refractivity contribution >= 4 is 0 Å². The van der Waals surface area contributed by atoms with E-state index in [1.54, 1.807) is 13.2 Å². The van der Waals surface area contributed by atoms with Gasteiger partial charge in [-0.2, -0.15) is 5.26 Å². The number of nitriles is 1. The number of phenols is 1. The number of ether oxygens (including phenoxy) is 1. The fourth-order valence-electron chi connectivity index (χ4n) is 2.29. The molecule has 0 aromatic heterocycles. The first-order chi connectivity index (χ1) is 8.26. The number of nitrogens with zero attached hydrogens (tertiary/aromatic N) is 1. The Morgan fingerprint density at radius 2 is 2.35 bits per heavy atom. The zero-order valence-electron chi connectivity index (χ0n) is 9.86. The van der Waals surface area contributed by atoms with Crippen molar-refractivity contribution in [1.29, 1.82) is 5.26 Å². The van der Waals surface area contributed by atoms with Crippen molar-refractivity contribution in [1.82, 2.24) is 5.32 Å². The highest BCUT2D eigenvalue weighted by Gasteiger charge is 2.20. The summed E-state index contributed by atoms with van der Waals surface area (Å²) in [6, 6.07) is 5.27. The van der Waals surface area contributed by atoms with Gasteiger partial charge in [-0.3, -0.25) is 0 Å². The average Bonchev–Trinajstić information content (AvgIpc) is 2.39. The molecular weight excluding hydrogens is 216 g/mol. The Morgan fingerprint density at radius 1 is 1.53 bits per heavy atom. The van der Waals surface area contributed by atoms with Crippen LogP contribution in [0.3, 0.4) is 0 Å². The number of hydrogen-bond acceptors (Lipinski definition) is 4. The molecule has 0 spiro atoms.